The first-order valence-electron chi connectivity index (χ1n) is 5.66. The molecule has 1 aromatic heterocycles. The number of hydrogen-bond acceptors (Lipinski definition) is 4. The van der Waals surface area contributed by atoms with Crippen LogP contribution in [0, 0.1) is 6.92 Å². The maximum Gasteiger partial charge on any atom is 0.0970 e. The van der Waals surface area contributed by atoms with Crippen LogP contribution in [-0.4, -0.2) is 11.5 Å². The Bertz CT molecular complexity index is 479. The minimum atomic E-state index is 0.423. The van der Waals surface area contributed by atoms with Crippen molar-refractivity contribution in [3.8, 4) is 0 Å². The molecule has 17 heavy (non-hydrogen) atoms. The third-order valence-electron chi connectivity index (χ3n) is 2.72. The maximum atomic E-state index is 5.72. The van der Waals surface area contributed by atoms with E-state index in [-0.39, 0.29) is 0 Å². The Kier molecular flexibility index (Phi) is 3.64. The molecule has 0 saturated heterocycles. The van der Waals surface area contributed by atoms with Crippen LogP contribution in [0.1, 0.15) is 23.4 Å². The Hall–Kier alpha value is -1.55. The van der Waals surface area contributed by atoms with Gasteiger partial charge in [-0.2, -0.15) is 0 Å². The van der Waals surface area contributed by atoms with E-state index in [1.807, 2.05) is 29.8 Å². The zero-order chi connectivity index (χ0) is 12.3. The Labute approximate surface area is 106 Å². The van der Waals surface area contributed by atoms with E-state index in [9.17, 15) is 0 Å². The normalized spacial score (nSPS) is 12.4. The Morgan fingerprint density at radius 3 is 2.94 bits per heavy atom. The van der Waals surface area contributed by atoms with Gasteiger partial charge in [0, 0.05) is 35.4 Å². The zero-order valence-electron chi connectivity index (χ0n) is 10.1. The van der Waals surface area contributed by atoms with Crippen molar-refractivity contribution in [2.45, 2.75) is 19.8 Å². The lowest BCUT2D eigenvalue weighted by Crippen LogP contribution is -2.10. The van der Waals surface area contributed by atoms with Crippen LogP contribution in [0.25, 0.3) is 0 Å². The Morgan fingerprint density at radius 2 is 2.29 bits per heavy atom. The van der Waals surface area contributed by atoms with E-state index in [0.29, 0.717) is 5.92 Å². The van der Waals surface area contributed by atoms with E-state index in [4.69, 9.17) is 5.73 Å². The molecule has 1 atom stereocenters. The van der Waals surface area contributed by atoms with Gasteiger partial charge in [-0.15, -0.1) is 11.3 Å². The van der Waals surface area contributed by atoms with Gasteiger partial charge < -0.3 is 11.1 Å². The predicted octanol–water partition coefficient (Wildman–Crippen LogP) is 3.25. The molecule has 0 spiro atoms. The van der Waals surface area contributed by atoms with E-state index in [2.05, 4.69) is 24.1 Å². The van der Waals surface area contributed by atoms with Crippen molar-refractivity contribution in [1.29, 1.82) is 0 Å². The van der Waals surface area contributed by atoms with Crippen molar-refractivity contribution in [3.63, 3.8) is 0 Å². The highest BCUT2D eigenvalue weighted by Crippen LogP contribution is 2.21. The lowest BCUT2D eigenvalue weighted by atomic mass is 10.1. The summed E-state index contributed by atoms with van der Waals surface area (Å²) in [6, 6.07) is 5.93. The van der Waals surface area contributed by atoms with Gasteiger partial charge in [-0.05, 0) is 30.7 Å². The van der Waals surface area contributed by atoms with Gasteiger partial charge in [0.2, 0.25) is 0 Å². The quantitative estimate of drug-likeness (QED) is 0.815. The van der Waals surface area contributed by atoms with Crippen LogP contribution >= 0.6 is 11.3 Å². The number of nitrogens with zero attached hydrogens (tertiary/aromatic N) is 1. The van der Waals surface area contributed by atoms with Crippen molar-refractivity contribution in [2.75, 3.05) is 17.6 Å². The number of thiazole rings is 1. The fourth-order valence-corrected chi connectivity index (χ4v) is 2.41. The van der Waals surface area contributed by atoms with Crippen molar-refractivity contribution in [1.82, 2.24) is 4.98 Å². The molecule has 0 fully saturated rings. The summed E-state index contributed by atoms with van der Waals surface area (Å²) in [6.45, 7) is 5.13. The second kappa shape index (κ2) is 5.19. The SMILES string of the molecule is Cc1cc(N)ccc1NCC(C)c1nccs1. The number of benzene rings is 1. The van der Waals surface area contributed by atoms with Gasteiger partial charge >= 0.3 is 0 Å². The number of nitrogens with two attached hydrogens (primary N) is 1. The summed E-state index contributed by atoms with van der Waals surface area (Å²) in [5.41, 5.74) is 8.85. The van der Waals surface area contributed by atoms with Gasteiger partial charge in [0.25, 0.3) is 0 Å². The minimum Gasteiger partial charge on any atom is -0.399 e. The summed E-state index contributed by atoms with van der Waals surface area (Å²) in [7, 11) is 0. The molecule has 0 bridgehead atoms. The molecule has 2 aromatic rings. The third-order valence-corrected chi connectivity index (χ3v) is 3.73. The molecular weight excluding hydrogens is 230 g/mol. The smallest absolute Gasteiger partial charge is 0.0970 e. The van der Waals surface area contributed by atoms with Crippen molar-refractivity contribution in [2.24, 2.45) is 0 Å². The Balaban J connectivity index is 1.98. The van der Waals surface area contributed by atoms with Crippen molar-refractivity contribution >= 4 is 22.7 Å². The number of aromatic nitrogens is 1. The lowest BCUT2D eigenvalue weighted by molar-refractivity contribution is 0.794. The number of nitrogen functional groups attached to an aromatic ring is 1. The summed E-state index contributed by atoms with van der Waals surface area (Å²) in [4.78, 5) is 4.32. The average molecular weight is 247 g/mol. The highest BCUT2D eigenvalue weighted by Gasteiger charge is 2.08. The van der Waals surface area contributed by atoms with E-state index in [1.165, 1.54) is 10.6 Å². The molecule has 90 valence electrons. The zero-order valence-corrected chi connectivity index (χ0v) is 10.9. The first-order chi connectivity index (χ1) is 8.16. The summed E-state index contributed by atoms with van der Waals surface area (Å²) in [5.74, 6) is 0.423. The van der Waals surface area contributed by atoms with Gasteiger partial charge in [0.1, 0.15) is 0 Å². The second-order valence-electron chi connectivity index (χ2n) is 4.23. The van der Waals surface area contributed by atoms with E-state index < -0.39 is 0 Å². The minimum absolute atomic E-state index is 0.423. The van der Waals surface area contributed by atoms with E-state index in [1.54, 1.807) is 11.3 Å². The van der Waals surface area contributed by atoms with Gasteiger partial charge in [-0.3, -0.25) is 0 Å². The van der Waals surface area contributed by atoms with Crippen molar-refractivity contribution < 1.29 is 0 Å². The lowest BCUT2D eigenvalue weighted by Gasteiger charge is -2.13. The highest BCUT2D eigenvalue weighted by atomic mass is 32.1. The number of hydrogen-bond donors (Lipinski definition) is 2. The number of aryl methyl sites for hydroxylation is 1. The summed E-state index contributed by atoms with van der Waals surface area (Å²) in [6.07, 6.45) is 1.85. The molecule has 0 saturated carbocycles. The topological polar surface area (TPSA) is 50.9 Å². The standard InChI is InChI=1S/C13H17N3S/c1-9-7-11(14)3-4-12(9)16-8-10(2)13-15-5-6-17-13/h3-7,10,16H,8,14H2,1-2H3. The predicted molar refractivity (Wildman–Crippen MR) is 74.6 cm³/mol. The molecule has 3 nitrogen and oxygen atoms in total. The van der Waals surface area contributed by atoms with Crippen LogP contribution in [0.3, 0.4) is 0 Å². The molecule has 0 aliphatic rings. The molecule has 0 aliphatic carbocycles. The van der Waals surface area contributed by atoms with Crippen LogP contribution in [0.5, 0.6) is 0 Å². The fourth-order valence-electron chi connectivity index (χ4n) is 1.71. The average Bonchev–Trinajstić information content (AvgIpc) is 2.81. The molecule has 1 aromatic carbocycles. The molecule has 0 amide bonds. The maximum absolute atomic E-state index is 5.72. The molecule has 0 aliphatic heterocycles. The molecule has 1 heterocycles. The van der Waals surface area contributed by atoms with E-state index >= 15 is 0 Å². The third kappa shape index (κ3) is 2.97. The van der Waals surface area contributed by atoms with Crippen LogP contribution in [-0.2, 0) is 0 Å². The fraction of sp³-hybridized carbons (Fsp3) is 0.308. The largest absolute Gasteiger partial charge is 0.399 e. The highest BCUT2D eigenvalue weighted by molar-refractivity contribution is 7.09. The van der Waals surface area contributed by atoms with Crippen LogP contribution < -0.4 is 11.1 Å². The van der Waals surface area contributed by atoms with Gasteiger partial charge in [-0.25, -0.2) is 4.98 Å². The van der Waals surface area contributed by atoms with Gasteiger partial charge in [0.05, 0.1) is 5.01 Å². The molecule has 2 rings (SSSR count). The molecule has 3 N–H and O–H groups in total. The van der Waals surface area contributed by atoms with E-state index in [0.717, 1.165) is 17.9 Å². The summed E-state index contributed by atoms with van der Waals surface area (Å²) < 4.78 is 0. The summed E-state index contributed by atoms with van der Waals surface area (Å²) >= 11 is 1.70. The number of rotatable bonds is 4. The van der Waals surface area contributed by atoms with Crippen LogP contribution in [0.2, 0.25) is 0 Å². The molecule has 4 heteroatoms. The molecular formula is C13H17N3S. The molecule has 0 radical (unpaired) electrons. The second-order valence-corrected chi connectivity index (χ2v) is 5.15. The van der Waals surface area contributed by atoms with Crippen LogP contribution in [0.15, 0.2) is 29.8 Å². The number of anilines is 2. The van der Waals surface area contributed by atoms with Crippen LogP contribution in [0.4, 0.5) is 11.4 Å². The van der Waals surface area contributed by atoms with Gasteiger partial charge in [0.15, 0.2) is 0 Å². The monoisotopic (exact) mass is 247 g/mol. The summed E-state index contributed by atoms with van der Waals surface area (Å²) in [5, 5.41) is 6.63. The Morgan fingerprint density at radius 1 is 1.47 bits per heavy atom. The first kappa shape index (κ1) is 11.9. The first-order valence-corrected chi connectivity index (χ1v) is 6.54. The molecule has 1 unspecified atom stereocenters. The van der Waals surface area contributed by atoms with Gasteiger partial charge in [-0.1, -0.05) is 6.92 Å². The van der Waals surface area contributed by atoms with Crippen molar-refractivity contribution in [3.05, 3.63) is 40.3 Å². The number of nitrogens with one attached hydrogen (secondary N) is 1.